The number of fused-ring (bicyclic) bond motifs is 1. The molecule has 1 heterocycles. The second kappa shape index (κ2) is 6.11. The Morgan fingerprint density at radius 3 is 2.76 bits per heavy atom. The first-order valence-electron chi connectivity index (χ1n) is 5.10. The first-order valence-corrected chi connectivity index (χ1v) is 6.17. The standard InChI is InChI=1S/C11H13NO3S.Na/c1-8(13)12-6-2-3-9-4-5-10(16(14)15)7-11(9)12;/h4-5,7H,2-3,6H2,1H3,(H,14,15);/q;+1/p-1. The van der Waals surface area contributed by atoms with Crippen LogP contribution >= 0.6 is 0 Å². The van der Waals surface area contributed by atoms with Crippen LogP contribution in [0.2, 0.25) is 0 Å². The van der Waals surface area contributed by atoms with Crippen molar-refractivity contribution in [3.8, 4) is 0 Å². The smallest absolute Gasteiger partial charge is 0.768 e. The van der Waals surface area contributed by atoms with Gasteiger partial charge in [-0.25, -0.2) is 0 Å². The van der Waals surface area contributed by atoms with Gasteiger partial charge in [0.15, 0.2) is 0 Å². The largest absolute Gasteiger partial charge is 1.00 e. The molecule has 0 radical (unpaired) electrons. The number of benzene rings is 1. The summed E-state index contributed by atoms with van der Waals surface area (Å²) in [6, 6.07) is 4.93. The number of hydrogen-bond acceptors (Lipinski definition) is 3. The van der Waals surface area contributed by atoms with Gasteiger partial charge in [0.05, 0.1) is 0 Å². The van der Waals surface area contributed by atoms with Gasteiger partial charge in [-0.05, 0) is 41.6 Å². The van der Waals surface area contributed by atoms with Crippen molar-refractivity contribution in [2.75, 3.05) is 11.4 Å². The number of aryl methyl sites for hydroxylation is 1. The SMILES string of the molecule is CC(=O)N1CCCc2ccc(S(=O)[O-])cc21.[Na+]. The van der Waals surface area contributed by atoms with Crippen LogP contribution in [0.25, 0.3) is 0 Å². The molecule has 0 fully saturated rings. The number of nitrogens with zero attached hydrogens (tertiary/aromatic N) is 1. The second-order valence-electron chi connectivity index (χ2n) is 3.80. The zero-order chi connectivity index (χ0) is 11.7. The monoisotopic (exact) mass is 261 g/mol. The van der Waals surface area contributed by atoms with Crippen molar-refractivity contribution in [3.63, 3.8) is 0 Å². The van der Waals surface area contributed by atoms with Gasteiger partial charge in [-0.15, -0.1) is 0 Å². The van der Waals surface area contributed by atoms with Crippen LogP contribution in [0.15, 0.2) is 23.1 Å². The summed E-state index contributed by atoms with van der Waals surface area (Å²) >= 11 is -2.24. The van der Waals surface area contributed by atoms with Gasteiger partial charge >= 0.3 is 29.6 Å². The van der Waals surface area contributed by atoms with E-state index < -0.39 is 11.1 Å². The molecule has 0 saturated heterocycles. The molecule has 1 aromatic rings. The van der Waals surface area contributed by atoms with Gasteiger partial charge in [0.25, 0.3) is 0 Å². The molecule has 86 valence electrons. The minimum absolute atomic E-state index is 0. The Morgan fingerprint density at radius 2 is 2.18 bits per heavy atom. The van der Waals surface area contributed by atoms with Crippen LogP contribution in [0.3, 0.4) is 0 Å². The fourth-order valence-electron chi connectivity index (χ4n) is 1.99. The van der Waals surface area contributed by atoms with Crippen LogP contribution in [0.1, 0.15) is 18.9 Å². The van der Waals surface area contributed by atoms with Gasteiger partial charge in [0, 0.05) is 24.1 Å². The summed E-state index contributed by atoms with van der Waals surface area (Å²) in [7, 11) is 0. The van der Waals surface area contributed by atoms with Crippen LogP contribution in [0.5, 0.6) is 0 Å². The van der Waals surface area contributed by atoms with Gasteiger partial charge in [-0.2, -0.15) is 0 Å². The predicted octanol–water partition coefficient (Wildman–Crippen LogP) is -1.77. The van der Waals surface area contributed by atoms with Gasteiger partial charge in [-0.3, -0.25) is 9.00 Å². The Kier molecular flexibility index (Phi) is 5.34. The van der Waals surface area contributed by atoms with E-state index in [1.54, 1.807) is 23.1 Å². The molecule has 0 N–H and O–H groups in total. The van der Waals surface area contributed by atoms with Crippen LogP contribution in [-0.4, -0.2) is 21.2 Å². The average molecular weight is 261 g/mol. The van der Waals surface area contributed by atoms with E-state index >= 15 is 0 Å². The molecule has 0 aromatic heterocycles. The van der Waals surface area contributed by atoms with E-state index in [1.165, 1.54) is 6.92 Å². The Labute approximate surface area is 125 Å². The zero-order valence-electron chi connectivity index (χ0n) is 9.93. The minimum Gasteiger partial charge on any atom is -0.768 e. The molecule has 1 atom stereocenters. The van der Waals surface area contributed by atoms with Crippen molar-refractivity contribution in [1.29, 1.82) is 0 Å². The maximum atomic E-state index is 11.4. The van der Waals surface area contributed by atoms with Crippen molar-refractivity contribution in [2.24, 2.45) is 0 Å². The van der Waals surface area contributed by atoms with E-state index in [2.05, 4.69) is 0 Å². The fourth-order valence-corrected chi connectivity index (χ4v) is 2.37. The molecule has 1 amide bonds. The number of carbonyl (C=O) groups excluding carboxylic acids is 1. The summed E-state index contributed by atoms with van der Waals surface area (Å²) in [6.45, 7) is 2.16. The van der Waals surface area contributed by atoms with E-state index in [0.717, 1.165) is 24.1 Å². The van der Waals surface area contributed by atoms with Crippen molar-refractivity contribution < 1.29 is 43.1 Å². The molecule has 0 saturated carbocycles. The van der Waals surface area contributed by atoms with Gasteiger partial charge in [-0.1, -0.05) is 6.07 Å². The summed E-state index contributed by atoms with van der Waals surface area (Å²) in [4.78, 5) is 13.3. The molecule has 1 aromatic carbocycles. The van der Waals surface area contributed by atoms with Gasteiger partial charge in [0.1, 0.15) is 0 Å². The summed E-state index contributed by atoms with van der Waals surface area (Å²) in [5, 5.41) is 0. The second-order valence-corrected chi connectivity index (χ2v) is 4.74. The molecular formula is C11H12NNaO3S. The van der Waals surface area contributed by atoms with Gasteiger partial charge in [0.2, 0.25) is 5.91 Å². The number of anilines is 1. The summed E-state index contributed by atoms with van der Waals surface area (Å²) in [6.07, 6.45) is 1.82. The molecule has 1 aliphatic rings. The van der Waals surface area contributed by atoms with E-state index in [-0.39, 0.29) is 40.4 Å². The van der Waals surface area contributed by atoms with Crippen LogP contribution < -0.4 is 34.5 Å². The fraction of sp³-hybridized carbons (Fsp3) is 0.364. The van der Waals surface area contributed by atoms with E-state index in [1.807, 2.05) is 0 Å². The first-order chi connectivity index (χ1) is 7.59. The normalized spacial score (nSPS) is 15.8. The summed E-state index contributed by atoms with van der Waals surface area (Å²) in [5.41, 5.74) is 1.77. The van der Waals surface area contributed by atoms with E-state index in [4.69, 9.17) is 0 Å². The Morgan fingerprint density at radius 1 is 1.47 bits per heavy atom. The number of amides is 1. The number of carbonyl (C=O) groups is 1. The molecule has 17 heavy (non-hydrogen) atoms. The first kappa shape index (κ1) is 14.9. The Hall–Kier alpha value is -0.200. The number of rotatable bonds is 1. The minimum atomic E-state index is -2.24. The third-order valence-electron chi connectivity index (χ3n) is 2.75. The Balaban J connectivity index is 0.00000144. The molecule has 2 rings (SSSR count). The zero-order valence-corrected chi connectivity index (χ0v) is 12.8. The van der Waals surface area contributed by atoms with Gasteiger partial charge < -0.3 is 9.45 Å². The summed E-state index contributed by atoms with van der Waals surface area (Å²) < 4.78 is 21.7. The molecule has 0 bridgehead atoms. The average Bonchev–Trinajstić information content (AvgIpc) is 2.27. The third kappa shape index (κ3) is 3.17. The topological polar surface area (TPSA) is 60.4 Å². The van der Waals surface area contributed by atoms with Crippen molar-refractivity contribution >= 4 is 22.7 Å². The summed E-state index contributed by atoms with van der Waals surface area (Å²) in [5.74, 6) is -0.0465. The Bertz CT molecular complexity index is 464. The maximum Gasteiger partial charge on any atom is 1.00 e. The van der Waals surface area contributed by atoms with Crippen LogP contribution in [0, 0.1) is 0 Å². The molecule has 1 unspecified atom stereocenters. The maximum absolute atomic E-state index is 11.4. The van der Waals surface area contributed by atoms with Crippen LogP contribution in [0.4, 0.5) is 5.69 Å². The number of hydrogen-bond donors (Lipinski definition) is 0. The van der Waals surface area contributed by atoms with Crippen molar-refractivity contribution in [2.45, 2.75) is 24.7 Å². The van der Waals surface area contributed by atoms with Crippen molar-refractivity contribution in [1.82, 2.24) is 0 Å². The molecular weight excluding hydrogens is 249 g/mol. The molecule has 6 heteroatoms. The van der Waals surface area contributed by atoms with E-state index in [9.17, 15) is 13.6 Å². The molecule has 1 aliphatic heterocycles. The van der Waals surface area contributed by atoms with Crippen LogP contribution in [-0.2, 0) is 22.3 Å². The molecule has 0 spiro atoms. The van der Waals surface area contributed by atoms with E-state index in [0.29, 0.717) is 6.54 Å². The molecule has 0 aliphatic carbocycles. The quantitative estimate of drug-likeness (QED) is 0.444. The van der Waals surface area contributed by atoms with Crippen molar-refractivity contribution in [3.05, 3.63) is 23.8 Å². The third-order valence-corrected chi connectivity index (χ3v) is 3.39. The predicted molar refractivity (Wildman–Crippen MR) is 60.0 cm³/mol. The molecule has 4 nitrogen and oxygen atoms in total.